The number of nitrogens with zero attached hydrogens (tertiary/aromatic N) is 2. The quantitative estimate of drug-likeness (QED) is 0.437. The molecule has 2 heterocycles. The number of thiophene rings is 1. The lowest BCUT2D eigenvalue weighted by Gasteiger charge is -2.11. The highest BCUT2D eigenvalue weighted by atomic mass is 35.5. The second-order valence-corrected chi connectivity index (χ2v) is 8.84. The van der Waals surface area contributed by atoms with Crippen LogP contribution in [0.1, 0.15) is 23.3 Å². The molecule has 0 aliphatic heterocycles. The first kappa shape index (κ1) is 18.0. The van der Waals surface area contributed by atoms with Gasteiger partial charge in [-0.3, -0.25) is 4.79 Å². The zero-order valence-corrected chi connectivity index (χ0v) is 16.9. The van der Waals surface area contributed by atoms with Gasteiger partial charge in [0, 0.05) is 10.3 Å². The zero-order valence-electron chi connectivity index (χ0n) is 13.7. The normalized spacial score (nSPS) is 13.6. The minimum Gasteiger partial charge on any atom is -0.324 e. The molecule has 0 radical (unpaired) electrons. The van der Waals surface area contributed by atoms with Crippen molar-refractivity contribution < 1.29 is 4.79 Å². The van der Waals surface area contributed by atoms with Crippen LogP contribution in [0.4, 0.5) is 5.69 Å². The summed E-state index contributed by atoms with van der Waals surface area (Å²) in [6, 6.07) is 5.17. The van der Waals surface area contributed by atoms with Crippen LogP contribution in [-0.4, -0.2) is 21.6 Å². The van der Waals surface area contributed by atoms with Crippen molar-refractivity contribution in [1.29, 1.82) is 0 Å². The number of rotatable bonds is 4. The number of carbonyl (C=O) groups is 1. The van der Waals surface area contributed by atoms with Gasteiger partial charge in [-0.2, -0.15) is 0 Å². The molecule has 26 heavy (non-hydrogen) atoms. The first-order valence-corrected chi connectivity index (χ1v) is 10.8. The Bertz CT molecular complexity index is 990. The molecular formula is C18H15Cl2N3OS2. The van der Waals surface area contributed by atoms with Gasteiger partial charge in [-0.05, 0) is 43.4 Å². The number of fused-ring (bicyclic) bond motifs is 3. The predicted molar refractivity (Wildman–Crippen MR) is 110 cm³/mol. The second-order valence-electron chi connectivity index (χ2n) is 6.01. The van der Waals surface area contributed by atoms with Gasteiger partial charge in [-0.15, -0.1) is 11.3 Å². The predicted octanol–water partition coefficient (Wildman–Crippen LogP) is 5.61. The summed E-state index contributed by atoms with van der Waals surface area (Å²) in [6.45, 7) is 0. The summed E-state index contributed by atoms with van der Waals surface area (Å²) < 4.78 is 0. The van der Waals surface area contributed by atoms with Crippen LogP contribution in [0.5, 0.6) is 0 Å². The molecule has 0 fully saturated rings. The van der Waals surface area contributed by atoms with Crippen molar-refractivity contribution >= 4 is 68.1 Å². The number of halogens is 2. The standard InChI is InChI=1S/C18H15Cl2N3OS2/c19-11-5-3-6-12(16(11)20)23-14(24)8-25-17-15-10-4-1-2-7-13(10)26-18(15)22-9-21-17/h3,5-6,9H,1-2,4,7-8H2,(H,23,24). The van der Waals surface area contributed by atoms with Crippen LogP contribution < -0.4 is 5.32 Å². The van der Waals surface area contributed by atoms with Gasteiger partial charge in [0.05, 0.1) is 21.5 Å². The van der Waals surface area contributed by atoms with Gasteiger partial charge < -0.3 is 5.32 Å². The Balaban J connectivity index is 1.52. The van der Waals surface area contributed by atoms with Crippen molar-refractivity contribution in [3.63, 3.8) is 0 Å². The Labute approximate surface area is 169 Å². The smallest absolute Gasteiger partial charge is 0.234 e. The highest BCUT2D eigenvalue weighted by Crippen LogP contribution is 2.39. The topological polar surface area (TPSA) is 54.9 Å². The van der Waals surface area contributed by atoms with E-state index in [2.05, 4.69) is 15.3 Å². The summed E-state index contributed by atoms with van der Waals surface area (Å²) in [5.41, 5.74) is 1.89. The molecule has 1 aliphatic carbocycles. The average molecular weight is 424 g/mol. The van der Waals surface area contributed by atoms with Crippen LogP contribution in [0.2, 0.25) is 10.0 Å². The maximum atomic E-state index is 12.3. The van der Waals surface area contributed by atoms with Crippen LogP contribution in [0, 0.1) is 0 Å². The molecule has 3 aromatic rings. The monoisotopic (exact) mass is 423 g/mol. The molecule has 0 unspecified atom stereocenters. The summed E-state index contributed by atoms with van der Waals surface area (Å²) in [6.07, 6.45) is 6.21. The molecule has 4 rings (SSSR count). The lowest BCUT2D eigenvalue weighted by Crippen LogP contribution is -2.14. The number of carbonyl (C=O) groups excluding carboxylic acids is 1. The number of anilines is 1. The molecule has 134 valence electrons. The number of thioether (sulfide) groups is 1. The van der Waals surface area contributed by atoms with Gasteiger partial charge in [0.2, 0.25) is 5.91 Å². The molecule has 4 nitrogen and oxygen atoms in total. The van der Waals surface area contributed by atoms with Crippen molar-refractivity contribution in [2.45, 2.75) is 30.7 Å². The van der Waals surface area contributed by atoms with Gasteiger partial charge in [-0.25, -0.2) is 9.97 Å². The Kier molecular flexibility index (Phi) is 5.36. The lowest BCUT2D eigenvalue weighted by atomic mass is 9.97. The molecule has 0 saturated heterocycles. The molecule has 1 amide bonds. The van der Waals surface area contributed by atoms with Gasteiger partial charge in [0.15, 0.2) is 0 Å². The molecular weight excluding hydrogens is 409 g/mol. The first-order chi connectivity index (χ1) is 12.6. The van der Waals surface area contributed by atoms with E-state index in [1.54, 1.807) is 35.9 Å². The van der Waals surface area contributed by atoms with Crippen molar-refractivity contribution in [3.05, 3.63) is 45.0 Å². The van der Waals surface area contributed by atoms with Crippen molar-refractivity contribution in [3.8, 4) is 0 Å². The van der Waals surface area contributed by atoms with E-state index in [4.69, 9.17) is 23.2 Å². The molecule has 0 bridgehead atoms. The maximum Gasteiger partial charge on any atom is 0.234 e. The molecule has 1 aromatic carbocycles. The lowest BCUT2D eigenvalue weighted by molar-refractivity contribution is -0.113. The summed E-state index contributed by atoms with van der Waals surface area (Å²) >= 11 is 15.3. The molecule has 2 aromatic heterocycles. The number of hydrogen-bond acceptors (Lipinski definition) is 5. The van der Waals surface area contributed by atoms with Crippen molar-refractivity contribution in [1.82, 2.24) is 9.97 Å². The minimum absolute atomic E-state index is 0.143. The molecule has 8 heteroatoms. The van der Waals surface area contributed by atoms with Crippen LogP contribution in [-0.2, 0) is 17.6 Å². The van der Waals surface area contributed by atoms with E-state index in [0.29, 0.717) is 15.7 Å². The minimum atomic E-state index is -0.143. The van der Waals surface area contributed by atoms with Crippen LogP contribution in [0.15, 0.2) is 29.6 Å². The molecule has 1 N–H and O–H groups in total. The summed E-state index contributed by atoms with van der Waals surface area (Å²) in [5, 5.41) is 5.58. The third-order valence-corrected chi connectivity index (χ3v) is 7.29. The number of amides is 1. The number of nitrogens with one attached hydrogen (secondary N) is 1. The fraction of sp³-hybridized carbons (Fsp3) is 0.278. The fourth-order valence-electron chi connectivity index (χ4n) is 3.09. The molecule has 0 atom stereocenters. The van der Waals surface area contributed by atoms with Crippen LogP contribution in [0.25, 0.3) is 10.2 Å². The Morgan fingerprint density at radius 1 is 1.23 bits per heavy atom. The molecule has 0 spiro atoms. The van der Waals surface area contributed by atoms with Crippen LogP contribution in [0.3, 0.4) is 0 Å². The summed E-state index contributed by atoms with van der Waals surface area (Å²) in [7, 11) is 0. The van der Waals surface area contributed by atoms with E-state index in [1.807, 2.05) is 0 Å². The first-order valence-electron chi connectivity index (χ1n) is 8.25. The van der Waals surface area contributed by atoms with Crippen LogP contribution >= 0.6 is 46.3 Å². The SMILES string of the molecule is O=C(CSc1ncnc2sc3c(c12)CCCC3)Nc1cccc(Cl)c1Cl. The zero-order chi connectivity index (χ0) is 18.1. The number of aryl methyl sites for hydroxylation is 2. The maximum absolute atomic E-state index is 12.3. The summed E-state index contributed by atoms with van der Waals surface area (Å²) in [4.78, 5) is 23.6. The highest BCUT2D eigenvalue weighted by molar-refractivity contribution is 8.00. The third kappa shape index (κ3) is 3.56. The third-order valence-electron chi connectivity index (χ3n) is 4.28. The van der Waals surface area contributed by atoms with E-state index in [-0.39, 0.29) is 11.7 Å². The number of benzene rings is 1. The highest BCUT2D eigenvalue weighted by Gasteiger charge is 2.20. The molecule has 0 saturated carbocycles. The van der Waals surface area contributed by atoms with Crippen molar-refractivity contribution in [2.75, 3.05) is 11.1 Å². The number of hydrogen-bond donors (Lipinski definition) is 1. The van der Waals surface area contributed by atoms with E-state index < -0.39 is 0 Å². The largest absolute Gasteiger partial charge is 0.324 e. The van der Waals surface area contributed by atoms with Gasteiger partial charge in [-0.1, -0.05) is 41.0 Å². The van der Waals surface area contributed by atoms with E-state index in [0.717, 1.165) is 28.1 Å². The van der Waals surface area contributed by atoms with E-state index >= 15 is 0 Å². The average Bonchev–Trinajstić information content (AvgIpc) is 3.03. The molecule has 1 aliphatic rings. The van der Waals surface area contributed by atoms with Gasteiger partial charge >= 0.3 is 0 Å². The Hall–Kier alpha value is -1.34. The van der Waals surface area contributed by atoms with Gasteiger partial charge in [0.1, 0.15) is 16.2 Å². The van der Waals surface area contributed by atoms with E-state index in [9.17, 15) is 4.79 Å². The number of aromatic nitrogens is 2. The Morgan fingerprint density at radius 2 is 2.08 bits per heavy atom. The van der Waals surface area contributed by atoms with Gasteiger partial charge in [0.25, 0.3) is 0 Å². The van der Waals surface area contributed by atoms with Crippen molar-refractivity contribution in [2.24, 2.45) is 0 Å². The Morgan fingerprint density at radius 3 is 2.96 bits per heavy atom. The second kappa shape index (κ2) is 7.72. The fourth-order valence-corrected chi connectivity index (χ4v) is 5.56. The summed E-state index contributed by atoms with van der Waals surface area (Å²) in [5.74, 6) is 0.106. The van der Waals surface area contributed by atoms with E-state index in [1.165, 1.54) is 35.0 Å².